The Morgan fingerprint density at radius 3 is 2.55 bits per heavy atom. The Labute approximate surface area is 133 Å². The van der Waals surface area contributed by atoms with E-state index in [-0.39, 0.29) is 18.0 Å². The Hall–Kier alpha value is -0.430. The number of rotatable bonds is 4. The van der Waals surface area contributed by atoms with Gasteiger partial charge in [-0.3, -0.25) is 9.69 Å². The fraction of sp³-hybridized carbons (Fsp3) is 0.643. The summed E-state index contributed by atoms with van der Waals surface area (Å²) < 4.78 is 1.12. The molecule has 2 N–H and O–H groups in total. The van der Waals surface area contributed by atoms with Crippen molar-refractivity contribution < 1.29 is 4.79 Å². The van der Waals surface area contributed by atoms with Crippen molar-refractivity contribution in [3.63, 3.8) is 0 Å². The monoisotopic (exact) mass is 359 g/mol. The highest BCUT2D eigenvalue weighted by Gasteiger charge is 2.30. The van der Waals surface area contributed by atoms with Crippen molar-refractivity contribution in [1.29, 1.82) is 0 Å². The molecular formula is C14H22BrN3OS. The second-order valence-corrected chi connectivity index (χ2v) is 7.08. The molecule has 0 aliphatic carbocycles. The van der Waals surface area contributed by atoms with E-state index in [1.54, 1.807) is 18.3 Å². The normalized spacial score (nSPS) is 19.9. The number of piperazine rings is 1. The number of hydrogen-bond acceptors (Lipinski definition) is 4. The molecule has 6 heteroatoms. The van der Waals surface area contributed by atoms with Crippen LogP contribution in [0.5, 0.6) is 0 Å². The molecule has 2 heterocycles. The molecular weight excluding hydrogens is 338 g/mol. The molecule has 112 valence electrons. The third-order valence-electron chi connectivity index (χ3n) is 3.91. The molecule has 0 spiro atoms. The first-order valence-corrected chi connectivity index (χ1v) is 8.69. The molecule has 0 aromatic carbocycles. The van der Waals surface area contributed by atoms with Gasteiger partial charge in [-0.1, -0.05) is 6.92 Å². The van der Waals surface area contributed by atoms with Crippen LogP contribution in [0.2, 0.25) is 0 Å². The SMILES string of the molecule is CCC(N)C(c1cc(Br)cs1)N1CCN(C(C)=O)CC1. The zero-order chi connectivity index (χ0) is 14.7. The van der Waals surface area contributed by atoms with E-state index in [4.69, 9.17) is 5.73 Å². The third-order valence-corrected chi connectivity index (χ3v) is 5.67. The number of hydrogen-bond donors (Lipinski definition) is 1. The molecule has 1 aromatic heterocycles. The number of thiophene rings is 1. The zero-order valence-corrected chi connectivity index (χ0v) is 14.4. The number of carbonyl (C=O) groups is 1. The van der Waals surface area contributed by atoms with Crippen LogP contribution in [-0.4, -0.2) is 47.9 Å². The van der Waals surface area contributed by atoms with Crippen molar-refractivity contribution in [2.75, 3.05) is 26.2 Å². The third kappa shape index (κ3) is 3.61. The fourth-order valence-corrected chi connectivity index (χ4v) is 4.34. The minimum absolute atomic E-state index is 0.129. The smallest absolute Gasteiger partial charge is 0.219 e. The highest BCUT2D eigenvalue weighted by atomic mass is 79.9. The molecule has 1 fully saturated rings. The van der Waals surface area contributed by atoms with E-state index >= 15 is 0 Å². The first-order valence-electron chi connectivity index (χ1n) is 7.02. The van der Waals surface area contributed by atoms with Crippen molar-refractivity contribution in [3.05, 3.63) is 20.8 Å². The van der Waals surface area contributed by atoms with E-state index in [1.807, 2.05) is 4.90 Å². The van der Waals surface area contributed by atoms with Crippen LogP contribution in [0.25, 0.3) is 0 Å². The second kappa shape index (κ2) is 7.02. The van der Waals surface area contributed by atoms with Gasteiger partial charge in [0.05, 0.1) is 6.04 Å². The topological polar surface area (TPSA) is 49.6 Å². The maximum atomic E-state index is 11.4. The van der Waals surface area contributed by atoms with Gasteiger partial charge in [0, 0.05) is 53.9 Å². The Kier molecular flexibility index (Phi) is 5.60. The van der Waals surface area contributed by atoms with E-state index in [0.29, 0.717) is 0 Å². The lowest BCUT2D eigenvalue weighted by Crippen LogP contribution is -2.52. The highest BCUT2D eigenvalue weighted by molar-refractivity contribution is 9.10. The van der Waals surface area contributed by atoms with Crippen molar-refractivity contribution in [2.45, 2.75) is 32.4 Å². The lowest BCUT2D eigenvalue weighted by Gasteiger charge is -2.40. The summed E-state index contributed by atoms with van der Waals surface area (Å²) in [5.74, 6) is 0.167. The molecule has 0 saturated carbocycles. The second-order valence-electron chi connectivity index (χ2n) is 5.23. The van der Waals surface area contributed by atoms with E-state index in [9.17, 15) is 4.79 Å². The average Bonchev–Trinajstić information content (AvgIpc) is 2.85. The fourth-order valence-electron chi connectivity index (χ4n) is 2.68. The van der Waals surface area contributed by atoms with Crippen LogP contribution < -0.4 is 5.73 Å². The van der Waals surface area contributed by atoms with Crippen LogP contribution in [0.15, 0.2) is 15.9 Å². The number of halogens is 1. The van der Waals surface area contributed by atoms with Crippen LogP contribution in [0.4, 0.5) is 0 Å². The van der Waals surface area contributed by atoms with Gasteiger partial charge in [0.1, 0.15) is 0 Å². The van der Waals surface area contributed by atoms with Gasteiger partial charge < -0.3 is 10.6 Å². The Morgan fingerprint density at radius 1 is 1.45 bits per heavy atom. The minimum atomic E-state index is 0.129. The lowest BCUT2D eigenvalue weighted by molar-refractivity contribution is -0.130. The highest BCUT2D eigenvalue weighted by Crippen LogP contribution is 2.32. The molecule has 1 aliphatic rings. The lowest BCUT2D eigenvalue weighted by atomic mass is 10.0. The maximum absolute atomic E-state index is 11.4. The van der Waals surface area contributed by atoms with Gasteiger partial charge in [-0.25, -0.2) is 0 Å². The van der Waals surface area contributed by atoms with E-state index in [0.717, 1.165) is 37.1 Å². The predicted octanol–water partition coefficient (Wildman–Crippen LogP) is 2.45. The molecule has 1 aliphatic heterocycles. The van der Waals surface area contributed by atoms with Crippen LogP contribution in [0.1, 0.15) is 31.2 Å². The quantitative estimate of drug-likeness (QED) is 0.897. The molecule has 1 amide bonds. The summed E-state index contributed by atoms with van der Waals surface area (Å²) in [7, 11) is 0. The maximum Gasteiger partial charge on any atom is 0.219 e. The standard InChI is InChI=1S/C14H22BrN3OS/c1-3-12(16)14(13-8-11(15)9-20-13)18-6-4-17(5-7-18)10(2)19/h8-9,12,14H,3-7,16H2,1-2H3. The molecule has 0 radical (unpaired) electrons. The summed E-state index contributed by atoms with van der Waals surface area (Å²) in [5.41, 5.74) is 6.35. The van der Waals surface area contributed by atoms with E-state index < -0.39 is 0 Å². The van der Waals surface area contributed by atoms with Gasteiger partial charge in [0.25, 0.3) is 0 Å². The van der Waals surface area contributed by atoms with E-state index in [2.05, 4.69) is 39.2 Å². The zero-order valence-electron chi connectivity index (χ0n) is 12.0. The number of nitrogens with zero attached hydrogens (tertiary/aromatic N) is 2. The average molecular weight is 360 g/mol. The summed E-state index contributed by atoms with van der Waals surface area (Å²) in [5, 5.41) is 2.11. The van der Waals surface area contributed by atoms with Crippen molar-refractivity contribution in [2.24, 2.45) is 5.73 Å². The molecule has 4 nitrogen and oxygen atoms in total. The molecule has 2 rings (SSSR count). The Morgan fingerprint density at radius 2 is 2.10 bits per heavy atom. The van der Waals surface area contributed by atoms with Crippen molar-refractivity contribution in [3.8, 4) is 0 Å². The van der Waals surface area contributed by atoms with Crippen molar-refractivity contribution in [1.82, 2.24) is 9.80 Å². The van der Waals surface area contributed by atoms with Crippen LogP contribution in [0.3, 0.4) is 0 Å². The first kappa shape index (κ1) is 15.9. The van der Waals surface area contributed by atoms with E-state index in [1.165, 1.54) is 4.88 Å². The molecule has 2 unspecified atom stereocenters. The van der Waals surface area contributed by atoms with Crippen LogP contribution >= 0.6 is 27.3 Å². The molecule has 1 aromatic rings. The van der Waals surface area contributed by atoms with Gasteiger partial charge in [0.15, 0.2) is 0 Å². The largest absolute Gasteiger partial charge is 0.340 e. The summed E-state index contributed by atoms with van der Waals surface area (Å²) >= 11 is 5.28. The van der Waals surface area contributed by atoms with Crippen molar-refractivity contribution >= 4 is 33.2 Å². The summed E-state index contributed by atoms with van der Waals surface area (Å²) in [6.07, 6.45) is 0.951. The molecule has 2 atom stereocenters. The Balaban J connectivity index is 2.11. The number of amides is 1. The van der Waals surface area contributed by atoms with Crippen LogP contribution in [0, 0.1) is 0 Å². The Bertz CT molecular complexity index is 457. The minimum Gasteiger partial charge on any atom is -0.340 e. The number of carbonyl (C=O) groups excluding carboxylic acids is 1. The van der Waals surface area contributed by atoms with Gasteiger partial charge in [-0.2, -0.15) is 0 Å². The van der Waals surface area contributed by atoms with Crippen LogP contribution in [-0.2, 0) is 4.79 Å². The molecule has 0 bridgehead atoms. The molecule has 20 heavy (non-hydrogen) atoms. The summed E-state index contributed by atoms with van der Waals surface area (Å²) in [4.78, 5) is 17.1. The van der Waals surface area contributed by atoms with Gasteiger partial charge >= 0.3 is 0 Å². The van der Waals surface area contributed by atoms with Gasteiger partial charge in [-0.15, -0.1) is 11.3 Å². The van der Waals surface area contributed by atoms with Gasteiger partial charge in [0.2, 0.25) is 5.91 Å². The van der Waals surface area contributed by atoms with Gasteiger partial charge in [-0.05, 0) is 28.4 Å². The summed E-state index contributed by atoms with van der Waals surface area (Å²) in [6, 6.07) is 2.55. The molecule has 1 saturated heterocycles. The summed E-state index contributed by atoms with van der Waals surface area (Å²) in [6.45, 7) is 7.16. The first-order chi connectivity index (χ1) is 9.52. The number of nitrogens with two attached hydrogens (primary N) is 1. The predicted molar refractivity (Wildman–Crippen MR) is 86.9 cm³/mol.